The summed E-state index contributed by atoms with van der Waals surface area (Å²) in [5, 5.41) is 3.03. The van der Waals surface area contributed by atoms with Crippen LogP contribution in [-0.2, 0) is 0 Å². The molecule has 1 aromatic heterocycles. The lowest BCUT2D eigenvalue weighted by Crippen LogP contribution is -2.14. The van der Waals surface area contributed by atoms with Gasteiger partial charge < -0.3 is 10.2 Å². The molecule has 2 aromatic rings. The number of hydrogen-bond donors (Lipinski definition) is 1. The van der Waals surface area contributed by atoms with Crippen molar-refractivity contribution in [3.63, 3.8) is 0 Å². The first kappa shape index (κ1) is 15.0. The molecule has 1 N–H and O–H groups in total. The summed E-state index contributed by atoms with van der Waals surface area (Å²) in [5.74, 6) is -0.0147. The summed E-state index contributed by atoms with van der Waals surface area (Å²) in [6, 6.07) is 2.26. The second-order valence-corrected chi connectivity index (χ2v) is 5.14. The zero-order valence-corrected chi connectivity index (χ0v) is 12.7. The van der Waals surface area contributed by atoms with Gasteiger partial charge in [0.1, 0.15) is 5.82 Å². The fourth-order valence-electron chi connectivity index (χ4n) is 1.37. The third-order valence-electron chi connectivity index (χ3n) is 2.24. The smallest absolute Gasteiger partial charge is 0.233 e. The fraction of sp³-hybridized carbons (Fsp3) is 0.182. The molecule has 0 saturated heterocycles. The van der Waals surface area contributed by atoms with Crippen molar-refractivity contribution in [2.24, 2.45) is 0 Å². The average Bonchev–Trinajstić information content (AvgIpc) is 2.33. The van der Waals surface area contributed by atoms with Gasteiger partial charge in [-0.05, 0) is 23.7 Å². The maximum atomic E-state index is 13.1. The molecule has 1 aromatic carbocycles. The lowest BCUT2D eigenvalue weighted by molar-refractivity contribution is 0.628. The Morgan fingerprint density at radius 3 is 2.20 bits per heavy atom. The molecule has 0 amide bonds. The Labute approximate surface area is 129 Å². The van der Waals surface area contributed by atoms with Gasteiger partial charge >= 0.3 is 0 Å². The Bertz CT molecular complexity index is 627. The van der Waals surface area contributed by atoms with Crippen molar-refractivity contribution < 1.29 is 4.39 Å². The number of aromatic nitrogens is 3. The minimum absolute atomic E-state index is 0.0144. The second-order valence-electron chi connectivity index (χ2n) is 3.99. The summed E-state index contributed by atoms with van der Waals surface area (Å²) in [5.41, 5.74) is 0.293. The highest BCUT2D eigenvalue weighted by Gasteiger charge is 2.12. The zero-order valence-electron chi connectivity index (χ0n) is 10.5. The molecule has 0 bridgehead atoms. The van der Waals surface area contributed by atoms with Gasteiger partial charge in [0, 0.05) is 14.1 Å². The molecule has 0 aliphatic heterocycles. The van der Waals surface area contributed by atoms with Crippen LogP contribution in [0.25, 0.3) is 0 Å². The standard InChI is InChI=1S/C11H9Cl3FN5/c1-20(2)11-18-9(14)17-10(19-11)16-8-6(12)3-5(15)4-7(8)13/h3-4H,1-2H3,(H,16,17,18,19). The molecular weight excluding hydrogens is 328 g/mol. The third kappa shape index (κ3) is 3.39. The molecule has 20 heavy (non-hydrogen) atoms. The Hall–Kier alpha value is -1.37. The van der Waals surface area contributed by atoms with Gasteiger partial charge in [0.05, 0.1) is 15.7 Å². The normalized spacial score (nSPS) is 10.5. The molecule has 2 rings (SSSR count). The van der Waals surface area contributed by atoms with Crippen LogP contribution in [0.3, 0.4) is 0 Å². The number of halogens is 4. The molecule has 1 heterocycles. The van der Waals surface area contributed by atoms with Crippen molar-refractivity contribution in [3.05, 3.63) is 33.3 Å². The number of benzene rings is 1. The molecule has 0 unspecified atom stereocenters. The number of hydrogen-bond acceptors (Lipinski definition) is 5. The van der Waals surface area contributed by atoms with E-state index >= 15 is 0 Å². The van der Waals surface area contributed by atoms with Gasteiger partial charge in [0.2, 0.25) is 17.2 Å². The summed E-state index contributed by atoms with van der Waals surface area (Å²) in [7, 11) is 3.51. The highest BCUT2D eigenvalue weighted by atomic mass is 35.5. The number of nitrogens with zero attached hydrogens (tertiary/aromatic N) is 4. The van der Waals surface area contributed by atoms with E-state index < -0.39 is 5.82 Å². The van der Waals surface area contributed by atoms with Crippen LogP contribution in [0.5, 0.6) is 0 Å². The van der Waals surface area contributed by atoms with Crippen LogP contribution in [0, 0.1) is 5.82 Å². The van der Waals surface area contributed by atoms with E-state index in [0.29, 0.717) is 11.6 Å². The Kier molecular flexibility index (Phi) is 4.47. The number of rotatable bonds is 3. The van der Waals surface area contributed by atoms with Gasteiger partial charge in [-0.25, -0.2) is 4.39 Å². The van der Waals surface area contributed by atoms with Crippen LogP contribution in [0.1, 0.15) is 0 Å². The first-order chi connectivity index (χ1) is 9.36. The van der Waals surface area contributed by atoms with E-state index in [4.69, 9.17) is 34.8 Å². The molecule has 0 radical (unpaired) electrons. The highest BCUT2D eigenvalue weighted by molar-refractivity contribution is 6.39. The zero-order chi connectivity index (χ0) is 14.9. The van der Waals surface area contributed by atoms with E-state index in [2.05, 4.69) is 20.3 Å². The molecule has 9 heteroatoms. The first-order valence-electron chi connectivity index (χ1n) is 5.37. The molecule has 0 saturated carbocycles. The lowest BCUT2D eigenvalue weighted by Gasteiger charge is -2.13. The average molecular weight is 337 g/mol. The van der Waals surface area contributed by atoms with E-state index in [0.717, 1.165) is 12.1 Å². The number of anilines is 3. The molecular formula is C11H9Cl3FN5. The van der Waals surface area contributed by atoms with Gasteiger partial charge in [0.25, 0.3) is 0 Å². The third-order valence-corrected chi connectivity index (χ3v) is 3.01. The van der Waals surface area contributed by atoms with Crippen molar-refractivity contribution in [1.29, 1.82) is 0 Å². The quantitative estimate of drug-likeness (QED) is 0.924. The van der Waals surface area contributed by atoms with Crippen LogP contribution in [0.15, 0.2) is 12.1 Å². The van der Waals surface area contributed by atoms with E-state index in [9.17, 15) is 4.39 Å². The summed E-state index contributed by atoms with van der Waals surface area (Å²) >= 11 is 17.7. The number of nitrogens with one attached hydrogen (secondary N) is 1. The van der Waals surface area contributed by atoms with Gasteiger partial charge in [-0.1, -0.05) is 23.2 Å². The predicted octanol–water partition coefficient (Wildman–Crippen LogP) is 3.78. The molecule has 0 fully saturated rings. The maximum absolute atomic E-state index is 13.1. The summed E-state index contributed by atoms with van der Waals surface area (Å²) < 4.78 is 13.1. The Morgan fingerprint density at radius 1 is 1.05 bits per heavy atom. The van der Waals surface area contributed by atoms with Crippen LogP contribution in [0.4, 0.5) is 22.0 Å². The van der Waals surface area contributed by atoms with Crippen molar-refractivity contribution >= 4 is 52.4 Å². The minimum atomic E-state index is -0.534. The molecule has 0 atom stereocenters. The largest absolute Gasteiger partial charge is 0.347 e. The Balaban J connectivity index is 2.40. The summed E-state index contributed by atoms with van der Waals surface area (Å²) in [4.78, 5) is 13.6. The van der Waals surface area contributed by atoms with Crippen LogP contribution in [0.2, 0.25) is 15.3 Å². The first-order valence-corrected chi connectivity index (χ1v) is 6.50. The Morgan fingerprint density at radius 2 is 1.65 bits per heavy atom. The maximum Gasteiger partial charge on any atom is 0.233 e. The highest BCUT2D eigenvalue weighted by Crippen LogP contribution is 2.33. The van der Waals surface area contributed by atoms with E-state index in [-0.39, 0.29) is 21.3 Å². The molecule has 106 valence electrons. The summed E-state index contributed by atoms with van der Waals surface area (Å²) in [6.07, 6.45) is 0. The van der Waals surface area contributed by atoms with Crippen molar-refractivity contribution in [1.82, 2.24) is 15.0 Å². The summed E-state index contributed by atoms with van der Waals surface area (Å²) in [6.45, 7) is 0. The van der Waals surface area contributed by atoms with Gasteiger partial charge in [0.15, 0.2) is 0 Å². The van der Waals surface area contributed by atoms with Crippen molar-refractivity contribution in [2.75, 3.05) is 24.3 Å². The van der Waals surface area contributed by atoms with Crippen LogP contribution in [-0.4, -0.2) is 29.0 Å². The van der Waals surface area contributed by atoms with Crippen LogP contribution >= 0.6 is 34.8 Å². The van der Waals surface area contributed by atoms with Crippen molar-refractivity contribution in [3.8, 4) is 0 Å². The second kappa shape index (κ2) is 5.95. The SMILES string of the molecule is CN(C)c1nc(Cl)nc(Nc2c(Cl)cc(F)cc2Cl)n1. The molecule has 0 spiro atoms. The predicted molar refractivity (Wildman–Crippen MR) is 78.9 cm³/mol. The topological polar surface area (TPSA) is 53.9 Å². The van der Waals surface area contributed by atoms with Gasteiger partial charge in [-0.2, -0.15) is 15.0 Å². The van der Waals surface area contributed by atoms with E-state index in [1.807, 2.05) is 0 Å². The minimum Gasteiger partial charge on any atom is -0.347 e. The van der Waals surface area contributed by atoms with Crippen molar-refractivity contribution in [2.45, 2.75) is 0 Å². The molecule has 0 aliphatic carbocycles. The lowest BCUT2D eigenvalue weighted by atomic mass is 10.3. The molecule has 5 nitrogen and oxygen atoms in total. The van der Waals surface area contributed by atoms with Crippen LogP contribution < -0.4 is 10.2 Å². The molecule has 0 aliphatic rings. The van der Waals surface area contributed by atoms with E-state index in [1.165, 1.54) is 0 Å². The fourth-order valence-corrected chi connectivity index (χ4v) is 2.08. The van der Waals surface area contributed by atoms with Gasteiger partial charge in [-0.3, -0.25) is 0 Å². The van der Waals surface area contributed by atoms with Gasteiger partial charge in [-0.15, -0.1) is 0 Å². The monoisotopic (exact) mass is 335 g/mol. The van der Waals surface area contributed by atoms with E-state index in [1.54, 1.807) is 19.0 Å².